The zero-order chi connectivity index (χ0) is 15.4. The summed E-state index contributed by atoms with van der Waals surface area (Å²) in [6.45, 7) is 0. The molecule has 0 bridgehead atoms. The lowest BCUT2D eigenvalue weighted by molar-refractivity contribution is 0.0950. The maximum Gasteiger partial charge on any atom is 0.251 e. The van der Waals surface area contributed by atoms with Crippen molar-refractivity contribution < 1.29 is 4.79 Å². The molecule has 1 aromatic heterocycles. The number of carbonyl (C=O) groups is 1. The van der Waals surface area contributed by atoms with Crippen LogP contribution in [0.3, 0.4) is 0 Å². The summed E-state index contributed by atoms with van der Waals surface area (Å²) in [5.41, 5.74) is 6.36. The Morgan fingerprint density at radius 1 is 1.13 bits per heavy atom. The fraction of sp³-hybridized carbons (Fsp3) is 0.263. The lowest BCUT2D eigenvalue weighted by Crippen LogP contribution is -2.26. The van der Waals surface area contributed by atoms with Gasteiger partial charge >= 0.3 is 0 Å². The van der Waals surface area contributed by atoms with Gasteiger partial charge in [0.05, 0.1) is 5.52 Å². The predicted octanol–water partition coefficient (Wildman–Crippen LogP) is 3.22. The van der Waals surface area contributed by atoms with Crippen LogP contribution in [0.5, 0.6) is 0 Å². The second kappa shape index (κ2) is 4.69. The summed E-state index contributed by atoms with van der Waals surface area (Å²) in [6.07, 6.45) is 4.02. The summed E-state index contributed by atoms with van der Waals surface area (Å²) in [6, 6.07) is 12.7. The minimum absolute atomic E-state index is 0.0575. The largest absolute Gasteiger partial charge is 0.349 e. The Balaban J connectivity index is 1.69. The molecule has 2 aliphatic rings. The van der Waals surface area contributed by atoms with Gasteiger partial charge < -0.3 is 5.32 Å². The molecule has 1 fully saturated rings. The van der Waals surface area contributed by atoms with Crippen molar-refractivity contribution in [2.45, 2.75) is 31.7 Å². The second-order valence-corrected chi connectivity index (χ2v) is 6.49. The van der Waals surface area contributed by atoms with E-state index in [4.69, 9.17) is 0 Å². The van der Waals surface area contributed by atoms with E-state index in [1.54, 1.807) is 0 Å². The molecule has 1 amide bonds. The summed E-state index contributed by atoms with van der Waals surface area (Å²) >= 11 is 0. The predicted molar refractivity (Wildman–Crippen MR) is 89.4 cm³/mol. The number of rotatable bonds is 2. The van der Waals surface area contributed by atoms with Crippen molar-refractivity contribution in [2.24, 2.45) is 0 Å². The van der Waals surface area contributed by atoms with E-state index in [0.717, 1.165) is 53.6 Å². The van der Waals surface area contributed by atoms with Gasteiger partial charge in [0.15, 0.2) is 0 Å². The third-order valence-corrected chi connectivity index (χ3v) is 4.91. The lowest BCUT2D eigenvalue weighted by atomic mass is 9.96. The van der Waals surface area contributed by atoms with Crippen LogP contribution < -0.4 is 5.32 Å². The molecule has 0 radical (unpaired) electrons. The van der Waals surface area contributed by atoms with Gasteiger partial charge in [-0.25, -0.2) is 0 Å². The Labute approximate surface area is 133 Å². The van der Waals surface area contributed by atoms with Gasteiger partial charge in [0, 0.05) is 22.6 Å². The number of carbonyl (C=O) groups excluding carboxylic acids is 1. The highest BCUT2D eigenvalue weighted by atomic mass is 16.1. The SMILES string of the molecule is O=C(NC1CC1)c1cccc2c1CCc1cccc3[nH]nc-2c13. The normalized spacial score (nSPS) is 16.0. The number of benzene rings is 2. The van der Waals surface area contributed by atoms with E-state index in [1.165, 1.54) is 10.9 Å². The number of fused-ring (bicyclic) bond motifs is 2. The van der Waals surface area contributed by atoms with Crippen LogP contribution in [0.2, 0.25) is 0 Å². The summed E-state index contributed by atoms with van der Waals surface area (Å²) in [7, 11) is 0. The number of nitrogens with zero attached hydrogens (tertiary/aromatic N) is 1. The Kier molecular flexibility index (Phi) is 2.62. The first-order valence-electron chi connectivity index (χ1n) is 8.20. The molecule has 1 heterocycles. The zero-order valence-corrected chi connectivity index (χ0v) is 12.7. The summed E-state index contributed by atoms with van der Waals surface area (Å²) in [5.74, 6) is 0.0575. The minimum Gasteiger partial charge on any atom is -0.349 e. The first-order valence-corrected chi connectivity index (χ1v) is 8.20. The average Bonchev–Trinajstić information content (AvgIpc) is 3.30. The summed E-state index contributed by atoms with van der Waals surface area (Å²) in [4.78, 5) is 12.6. The van der Waals surface area contributed by atoms with E-state index < -0.39 is 0 Å². The highest BCUT2D eigenvalue weighted by Crippen LogP contribution is 2.36. The quantitative estimate of drug-likeness (QED) is 0.763. The molecular formula is C19H17N3O. The zero-order valence-electron chi connectivity index (χ0n) is 12.7. The molecule has 23 heavy (non-hydrogen) atoms. The molecule has 1 saturated carbocycles. The molecule has 3 aromatic rings. The number of hydrogen-bond acceptors (Lipinski definition) is 2. The maximum atomic E-state index is 12.6. The number of aromatic nitrogens is 2. The Hall–Kier alpha value is -2.62. The standard InChI is InChI=1S/C19H17N3O/c23-19(20-12-8-9-12)15-5-2-4-14-13(15)10-7-11-3-1-6-16-17(11)18(14)22-21-16/h1-6,12H,7-10H2,(H,20,23)(H,21,22). The van der Waals surface area contributed by atoms with E-state index >= 15 is 0 Å². The van der Waals surface area contributed by atoms with Crippen molar-refractivity contribution in [1.82, 2.24) is 15.5 Å². The van der Waals surface area contributed by atoms with Crippen LogP contribution >= 0.6 is 0 Å². The van der Waals surface area contributed by atoms with E-state index in [9.17, 15) is 4.79 Å². The van der Waals surface area contributed by atoms with Crippen molar-refractivity contribution in [3.63, 3.8) is 0 Å². The number of H-pyrrole nitrogens is 1. The first kappa shape index (κ1) is 12.9. The number of amides is 1. The van der Waals surface area contributed by atoms with Gasteiger partial charge in [0.25, 0.3) is 5.91 Å². The van der Waals surface area contributed by atoms with Crippen molar-refractivity contribution in [3.05, 3.63) is 53.1 Å². The fourth-order valence-electron chi connectivity index (χ4n) is 3.59. The lowest BCUT2D eigenvalue weighted by Gasteiger charge is -2.12. The highest BCUT2D eigenvalue weighted by Gasteiger charge is 2.27. The van der Waals surface area contributed by atoms with Gasteiger partial charge in [0.1, 0.15) is 5.69 Å². The van der Waals surface area contributed by atoms with Gasteiger partial charge in [-0.15, -0.1) is 0 Å². The summed E-state index contributed by atoms with van der Waals surface area (Å²) < 4.78 is 0. The molecule has 2 aliphatic carbocycles. The topological polar surface area (TPSA) is 57.8 Å². The van der Waals surface area contributed by atoms with Crippen LogP contribution in [0.15, 0.2) is 36.4 Å². The number of hydrogen-bond donors (Lipinski definition) is 2. The van der Waals surface area contributed by atoms with Crippen LogP contribution in [0.4, 0.5) is 0 Å². The van der Waals surface area contributed by atoms with Gasteiger partial charge in [-0.3, -0.25) is 9.89 Å². The fourth-order valence-corrected chi connectivity index (χ4v) is 3.59. The third kappa shape index (κ3) is 1.98. The summed E-state index contributed by atoms with van der Waals surface area (Å²) in [5, 5.41) is 12.0. The molecule has 4 heteroatoms. The van der Waals surface area contributed by atoms with Crippen LogP contribution in [0.1, 0.15) is 34.3 Å². The smallest absolute Gasteiger partial charge is 0.251 e. The monoisotopic (exact) mass is 303 g/mol. The molecule has 2 aromatic carbocycles. The average molecular weight is 303 g/mol. The van der Waals surface area contributed by atoms with Gasteiger partial charge in [-0.05, 0) is 48.9 Å². The third-order valence-electron chi connectivity index (χ3n) is 4.91. The molecule has 0 spiro atoms. The minimum atomic E-state index is 0.0575. The van der Waals surface area contributed by atoms with Crippen molar-refractivity contribution in [1.29, 1.82) is 0 Å². The van der Waals surface area contributed by atoms with Gasteiger partial charge in [-0.2, -0.15) is 5.10 Å². The molecule has 114 valence electrons. The molecule has 0 atom stereocenters. The van der Waals surface area contributed by atoms with Crippen LogP contribution in [-0.4, -0.2) is 22.1 Å². The van der Waals surface area contributed by atoms with E-state index in [-0.39, 0.29) is 5.91 Å². The van der Waals surface area contributed by atoms with Crippen LogP contribution in [-0.2, 0) is 12.8 Å². The molecule has 2 N–H and O–H groups in total. The highest BCUT2D eigenvalue weighted by molar-refractivity contribution is 6.02. The number of aryl methyl sites for hydroxylation is 1. The molecule has 0 saturated heterocycles. The maximum absolute atomic E-state index is 12.6. The Morgan fingerprint density at radius 2 is 2.00 bits per heavy atom. The molecule has 5 rings (SSSR count). The van der Waals surface area contributed by atoms with Gasteiger partial charge in [0.2, 0.25) is 0 Å². The van der Waals surface area contributed by atoms with Crippen LogP contribution in [0, 0.1) is 0 Å². The Morgan fingerprint density at radius 3 is 2.87 bits per heavy atom. The number of aromatic amines is 1. The first-order chi connectivity index (χ1) is 11.3. The van der Waals surface area contributed by atoms with E-state index in [2.05, 4.69) is 39.8 Å². The van der Waals surface area contributed by atoms with Gasteiger partial charge in [-0.1, -0.05) is 24.3 Å². The van der Waals surface area contributed by atoms with Crippen molar-refractivity contribution in [3.8, 4) is 11.3 Å². The van der Waals surface area contributed by atoms with Crippen molar-refractivity contribution >= 4 is 16.8 Å². The van der Waals surface area contributed by atoms with E-state index in [1.807, 2.05) is 12.1 Å². The van der Waals surface area contributed by atoms with Crippen LogP contribution in [0.25, 0.3) is 22.2 Å². The molecule has 0 aliphatic heterocycles. The molecular weight excluding hydrogens is 286 g/mol. The molecule has 0 unspecified atom stereocenters. The number of nitrogens with one attached hydrogen (secondary N) is 2. The second-order valence-electron chi connectivity index (χ2n) is 6.49. The van der Waals surface area contributed by atoms with E-state index in [0.29, 0.717) is 6.04 Å². The molecule has 4 nitrogen and oxygen atoms in total. The van der Waals surface area contributed by atoms with Crippen molar-refractivity contribution in [2.75, 3.05) is 0 Å². The Bertz CT molecular complexity index is 937.